The molecule has 1 saturated heterocycles. The van der Waals surface area contributed by atoms with Crippen LogP contribution in [0.1, 0.15) is 0 Å². The second-order valence-electron chi connectivity index (χ2n) is 2.36. The Bertz CT molecular complexity index is 191. The molecule has 0 aliphatic carbocycles. The molecule has 1 heterocycles. The van der Waals surface area contributed by atoms with Gasteiger partial charge in [0.1, 0.15) is 6.29 Å². The Morgan fingerprint density at radius 2 is 2.55 bits per heavy atom. The molecule has 4 nitrogen and oxygen atoms in total. The number of amides is 2. The van der Waals surface area contributed by atoms with Gasteiger partial charge in [-0.1, -0.05) is 6.08 Å². The van der Waals surface area contributed by atoms with Crippen LogP contribution in [0.25, 0.3) is 0 Å². The van der Waals surface area contributed by atoms with Crippen molar-refractivity contribution in [3.63, 3.8) is 0 Å². The van der Waals surface area contributed by atoms with Gasteiger partial charge in [-0.3, -0.25) is 0 Å². The van der Waals surface area contributed by atoms with Gasteiger partial charge >= 0.3 is 6.03 Å². The highest BCUT2D eigenvalue weighted by Gasteiger charge is 2.25. The minimum Gasteiger partial charge on any atom is -0.330 e. The Labute approximate surface area is 64.9 Å². The summed E-state index contributed by atoms with van der Waals surface area (Å²) in [7, 11) is 0. The Hall–Kier alpha value is -1.32. The quantitative estimate of drug-likeness (QED) is 0.450. The zero-order chi connectivity index (χ0) is 8.27. The second kappa shape index (κ2) is 3.18. The molecule has 0 aromatic rings. The van der Waals surface area contributed by atoms with Gasteiger partial charge in [-0.2, -0.15) is 0 Å². The SMILES string of the molecule is C=CC1CN(CC=O)C(=O)N1. The van der Waals surface area contributed by atoms with Crippen LogP contribution in [-0.2, 0) is 4.79 Å². The zero-order valence-corrected chi connectivity index (χ0v) is 6.12. The molecular weight excluding hydrogens is 144 g/mol. The third-order valence-corrected chi connectivity index (χ3v) is 1.59. The van der Waals surface area contributed by atoms with Gasteiger partial charge in [-0.15, -0.1) is 6.58 Å². The van der Waals surface area contributed by atoms with Crippen LogP contribution in [0.3, 0.4) is 0 Å². The maximum Gasteiger partial charge on any atom is 0.318 e. The molecule has 1 rings (SSSR count). The van der Waals surface area contributed by atoms with Crippen LogP contribution < -0.4 is 5.32 Å². The molecule has 0 aromatic heterocycles. The summed E-state index contributed by atoms with van der Waals surface area (Å²) in [4.78, 5) is 22.4. The lowest BCUT2D eigenvalue weighted by atomic mass is 10.3. The fourth-order valence-electron chi connectivity index (χ4n) is 0.997. The summed E-state index contributed by atoms with van der Waals surface area (Å²) < 4.78 is 0. The van der Waals surface area contributed by atoms with Gasteiger partial charge in [-0.25, -0.2) is 4.79 Å². The van der Waals surface area contributed by atoms with Crippen LogP contribution >= 0.6 is 0 Å². The predicted octanol–water partition coefficient (Wildman–Crippen LogP) is -0.235. The fraction of sp³-hybridized carbons (Fsp3) is 0.429. The van der Waals surface area contributed by atoms with Crippen molar-refractivity contribution in [2.75, 3.05) is 13.1 Å². The molecule has 0 saturated carbocycles. The molecule has 4 heteroatoms. The molecule has 11 heavy (non-hydrogen) atoms. The molecule has 1 N–H and O–H groups in total. The number of urea groups is 1. The Kier molecular flexibility index (Phi) is 2.25. The van der Waals surface area contributed by atoms with Crippen molar-refractivity contribution in [1.82, 2.24) is 10.2 Å². The normalized spacial score (nSPS) is 23.1. The Morgan fingerprint density at radius 1 is 1.82 bits per heavy atom. The highest BCUT2D eigenvalue weighted by atomic mass is 16.2. The first-order valence-electron chi connectivity index (χ1n) is 3.39. The molecule has 1 aliphatic rings. The number of carbonyl (C=O) groups is 2. The van der Waals surface area contributed by atoms with Crippen molar-refractivity contribution in [1.29, 1.82) is 0 Å². The van der Waals surface area contributed by atoms with Gasteiger partial charge in [0.15, 0.2) is 0 Å². The van der Waals surface area contributed by atoms with E-state index in [1.54, 1.807) is 6.08 Å². The van der Waals surface area contributed by atoms with Crippen LogP contribution in [0, 0.1) is 0 Å². The summed E-state index contributed by atoms with van der Waals surface area (Å²) in [5.74, 6) is 0. The van der Waals surface area contributed by atoms with E-state index in [4.69, 9.17) is 0 Å². The first kappa shape index (κ1) is 7.78. The molecule has 2 amide bonds. The number of rotatable bonds is 3. The Morgan fingerprint density at radius 3 is 3.00 bits per heavy atom. The maximum atomic E-state index is 10.9. The van der Waals surface area contributed by atoms with Crippen molar-refractivity contribution in [2.24, 2.45) is 0 Å². The summed E-state index contributed by atoms with van der Waals surface area (Å²) >= 11 is 0. The van der Waals surface area contributed by atoms with Gasteiger partial charge < -0.3 is 15.0 Å². The average Bonchev–Trinajstić information content (AvgIpc) is 2.33. The standard InChI is InChI=1S/C7H10N2O2/c1-2-6-5-9(3-4-10)7(11)8-6/h2,4,6H,1,3,5H2,(H,8,11). The number of hydrogen-bond donors (Lipinski definition) is 1. The summed E-state index contributed by atoms with van der Waals surface area (Å²) in [5.41, 5.74) is 0. The van der Waals surface area contributed by atoms with Crippen molar-refractivity contribution in [2.45, 2.75) is 6.04 Å². The van der Waals surface area contributed by atoms with Crippen molar-refractivity contribution in [3.05, 3.63) is 12.7 Å². The highest BCUT2D eigenvalue weighted by molar-refractivity contribution is 5.79. The van der Waals surface area contributed by atoms with Crippen LogP contribution in [0.5, 0.6) is 0 Å². The van der Waals surface area contributed by atoms with Gasteiger partial charge in [-0.05, 0) is 0 Å². The Balaban J connectivity index is 2.50. The minimum atomic E-state index is -0.193. The van der Waals surface area contributed by atoms with E-state index in [1.807, 2.05) is 0 Å². The molecule has 1 unspecified atom stereocenters. The fourth-order valence-corrected chi connectivity index (χ4v) is 0.997. The van der Waals surface area contributed by atoms with E-state index in [9.17, 15) is 9.59 Å². The lowest BCUT2D eigenvalue weighted by Gasteiger charge is -2.07. The van der Waals surface area contributed by atoms with Crippen molar-refractivity contribution < 1.29 is 9.59 Å². The first-order chi connectivity index (χ1) is 5.27. The van der Waals surface area contributed by atoms with Crippen LogP contribution in [0.4, 0.5) is 4.79 Å². The number of aldehydes is 1. The van der Waals surface area contributed by atoms with Crippen molar-refractivity contribution >= 4 is 12.3 Å². The van der Waals surface area contributed by atoms with Gasteiger partial charge in [0.2, 0.25) is 0 Å². The smallest absolute Gasteiger partial charge is 0.318 e. The molecule has 60 valence electrons. The van der Waals surface area contributed by atoms with Crippen LogP contribution in [0.15, 0.2) is 12.7 Å². The van der Waals surface area contributed by atoms with Gasteiger partial charge in [0, 0.05) is 6.54 Å². The zero-order valence-electron chi connectivity index (χ0n) is 6.12. The molecule has 0 bridgehead atoms. The van der Waals surface area contributed by atoms with E-state index < -0.39 is 0 Å². The molecule has 0 spiro atoms. The van der Waals surface area contributed by atoms with E-state index >= 15 is 0 Å². The molecule has 0 aromatic carbocycles. The van der Waals surface area contributed by atoms with Gasteiger partial charge in [0.25, 0.3) is 0 Å². The monoisotopic (exact) mass is 154 g/mol. The topological polar surface area (TPSA) is 49.4 Å². The second-order valence-corrected chi connectivity index (χ2v) is 2.36. The summed E-state index contributed by atoms with van der Waals surface area (Å²) in [6, 6.07) is -0.204. The summed E-state index contributed by atoms with van der Waals surface area (Å²) in [6.07, 6.45) is 2.37. The van der Waals surface area contributed by atoms with E-state index in [0.29, 0.717) is 12.8 Å². The third-order valence-electron chi connectivity index (χ3n) is 1.59. The van der Waals surface area contributed by atoms with Gasteiger partial charge in [0.05, 0.1) is 12.6 Å². The predicted molar refractivity (Wildman–Crippen MR) is 40.2 cm³/mol. The van der Waals surface area contributed by atoms with Crippen molar-refractivity contribution in [3.8, 4) is 0 Å². The lowest BCUT2D eigenvalue weighted by Crippen LogP contribution is -2.29. The molecule has 1 aliphatic heterocycles. The summed E-state index contributed by atoms with van der Waals surface area (Å²) in [6.45, 7) is 4.25. The summed E-state index contributed by atoms with van der Waals surface area (Å²) in [5, 5.41) is 2.65. The highest BCUT2D eigenvalue weighted by Crippen LogP contribution is 2.02. The molecular formula is C7H10N2O2. The minimum absolute atomic E-state index is 0.0116. The van der Waals surface area contributed by atoms with Crippen LogP contribution in [0.2, 0.25) is 0 Å². The van der Waals surface area contributed by atoms with Crippen LogP contribution in [-0.4, -0.2) is 36.3 Å². The average molecular weight is 154 g/mol. The van der Waals surface area contributed by atoms with E-state index in [-0.39, 0.29) is 18.6 Å². The number of nitrogens with one attached hydrogen (secondary N) is 1. The lowest BCUT2D eigenvalue weighted by molar-refractivity contribution is -0.108. The molecule has 1 atom stereocenters. The largest absolute Gasteiger partial charge is 0.330 e. The molecule has 0 radical (unpaired) electrons. The third kappa shape index (κ3) is 1.58. The maximum absolute atomic E-state index is 10.9. The van der Waals surface area contributed by atoms with E-state index in [0.717, 1.165) is 0 Å². The molecule has 1 fully saturated rings. The number of hydrogen-bond acceptors (Lipinski definition) is 2. The number of carbonyl (C=O) groups excluding carboxylic acids is 2. The number of nitrogens with zero attached hydrogens (tertiary/aromatic N) is 1. The van der Waals surface area contributed by atoms with E-state index in [2.05, 4.69) is 11.9 Å². The van der Waals surface area contributed by atoms with E-state index in [1.165, 1.54) is 4.90 Å². The first-order valence-corrected chi connectivity index (χ1v) is 3.39.